The van der Waals surface area contributed by atoms with E-state index in [-0.39, 0.29) is 24.3 Å². The molecule has 0 saturated heterocycles. The molecule has 7 heteroatoms. The number of hydrogen-bond acceptors (Lipinski definition) is 5. The van der Waals surface area contributed by atoms with Crippen molar-refractivity contribution in [1.29, 1.82) is 0 Å². The molecule has 0 aliphatic heterocycles. The van der Waals surface area contributed by atoms with Crippen LogP contribution in [0.15, 0.2) is 24.3 Å². The third-order valence-corrected chi connectivity index (χ3v) is 3.64. The maximum Gasteiger partial charge on any atom is 0.305 e. The summed E-state index contributed by atoms with van der Waals surface area (Å²) < 4.78 is 10.1. The first-order valence-corrected chi connectivity index (χ1v) is 7.39. The van der Waals surface area contributed by atoms with Gasteiger partial charge in [-0.15, -0.1) is 12.4 Å². The highest BCUT2D eigenvalue weighted by molar-refractivity contribution is 5.88. The maximum atomic E-state index is 11.7. The summed E-state index contributed by atoms with van der Waals surface area (Å²) in [4.78, 5) is 22.7. The van der Waals surface area contributed by atoms with Crippen molar-refractivity contribution in [1.82, 2.24) is 5.32 Å². The van der Waals surface area contributed by atoms with Gasteiger partial charge in [0.1, 0.15) is 5.75 Å². The number of esters is 1. The second kappa shape index (κ2) is 8.74. The summed E-state index contributed by atoms with van der Waals surface area (Å²) in [5, 5.41) is 2.84. The maximum absolute atomic E-state index is 11.7. The predicted octanol–water partition coefficient (Wildman–Crippen LogP) is 1.55. The summed E-state index contributed by atoms with van der Waals surface area (Å²) in [5.74, 6) is 0.413. The molecule has 1 aliphatic rings. The molecule has 0 atom stereocenters. The van der Waals surface area contributed by atoms with Crippen molar-refractivity contribution in [3.63, 3.8) is 0 Å². The van der Waals surface area contributed by atoms with Crippen LogP contribution < -0.4 is 15.8 Å². The number of carbonyl (C=O) groups excluding carboxylic acids is 2. The van der Waals surface area contributed by atoms with Crippen LogP contribution in [-0.4, -0.2) is 31.1 Å². The van der Waals surface area contributed by atoms with Crippen molar-refractivity contribution >= 4 is 24.3 Å². The monoisotopic (exact) mass is 342 g/mol. The van der Waals surface area contributed by atoms with Gasteiger partial charge in [-0.3, -0.25) is 9.59 Å². The number of benzene rings is 1. The molecule has 1 amide bonds. The number of nitrogens with one attached hydrogen (secondary N) is 1. The van der Waals surface area contributed by atoms with Crippen LogP contribution in [0, 0.1) is 0 Å². The molecule has 1 fully saturated rings. The molecule has 23 heavy (non-hydrogen) atoms. The van der Waals surface area contributed by atoms with E-state index in [9.17, 15) is 9.59 Å². The lowest BCUT2D eigenvalue weighted by Gasteiger charge is -2.10. The highest BCUT2D eigenvalue weighted by atomic mass is 35.5. The lowest BCUT2D eigenvalue weighted by molar-refractivity contribution is -0.140. The molecule has 1 aromatic carbocycles. The van der Waals surface area contributed by atoms with Crippen LogP contribution >= 0.6 is 12.4 Å². The van der Waals surface area contributed by atoms with Crippen LogP contribution in [-0.2, 0) is 20.9 Å². The summed E-state index contributed by atoms with van der Waals surface area (Å²) in [6, 6.07) is 7.47. The Labute approximate surface area is 142 Å². The zero-order chi connectivity index (χ0) is 16.0. The van der Waals surface area contributed by atoms with Gasteiger partial charge in [-0.25, -0.2) is 0 Å². The van der Waals surface area contributed by atoms with Gasteiger partial charge in [-0.1, -0.05) is 12.1 Å². The first-order chi connectivity index (χ1) is 10.5. The quantitative estimate of drug-likeness (QED) is 0.552. The largest absolute Gasteiger partial charge is 0.494 e. The van der Waals surface area contributed by atoms with Crippen LogP contribution in [0.3, 0.4) is 0 Å². The van der Waals surface area contributed by atoms with E-state index in [4.69, 9.17) is 10.5 Å². The molecule has 1 saturated carbocycles. The van der Waals surface area contributed by atoms with Gasteiger partial charge >= 0.3 is 5.97 Å². The minimum atomic E-state index is -0.636. The average molecular weight is 343 g/mol. The molecular weight excluding hydrogens is 320 g/mol. The Morgan fingerprint density at radius 1 is 1.26 bits per heavy atom. The molecule has 0 aromatic heterocycles. The fraction of sp³-hybridized carbons (Fsp3) is 0.500. The molecular formula is C16H23ClN2O4. The molecule has 1 aromatic rings. The lowest BCUT2D eigenvalue weighted by Crippen LogP contribution is -2.42. The Kier molecular flexibility index (Phi) is 7.32. The van der Waals surface area contributed by atoms with Crippen molar-refractivity contribution < 1.29 is 19.1 Å². The Balaban J connectivity index is 0.00000264. The van der Waals surface area contributed by atoms with Gasteiger partial charge in [0.05, 0.1) is 19.3 Å². The number of rotatable bonds is 8. The predicted molar refractivity (Wildman–Crippen MR) is 88.4 cm³/mol. The molecule has 0 bridgehead atoms. The zero-order valence-electron chi connectivity index (χ0n) is 13.2. The molecule has 0 heterocycles. The fourth-order valence-electron chi connectivity index (χ4n) is 1.93. The van der Waals surface area contributed by atoms with Crippen LogP contribution in [0.25, 0.3) is 0 Å². The summed E-state index contributed by atoms with van der Waals surface area (Å²) in [5.41, 5.74) is 6.16. The molecule has 128 valence electrons. The van der Waals surface area contributed by atoms with Crippen molar-refractivity contribution in [3.05, 3.63) is 29.8 Å². The highest BCUT2D eigenvalue weighted by Crippen LogP contribution is 2.32. The second-order valence-electron chi connectivity index (χ2n) is 5.51. The molecule has 3 N–H and O–H groups in total. The Bertz CT molecular complexity index is 529. The fourth-order valence-corrected chi connectivity index (χ4v) is 1.93. The summed E-state index contributed by atoms with van der Waals surface area (Å²) in [6.45, 7) is 0.918. The third-order valence-electron chi connectivity index (χ3n) is 3.64. The number of hydrogen-bond donors (Lipinski definition) is 2. The van der Waals surface area contributed by atoms with E-state index in [1.165, 1.54) is 7.11 Å². The van der Waals surface area contributed by atoms with Crippen molar-refractivity contribution in [3.8, 4) is 5.75 Å². The van der Waals surface area contributed by atoms with E-state index < -0.39 is 5.54 Å². The molecule has 1 aliphatic carbocycles. The van der Waals surface area contributed by atoms with Gasteiger partial charge in [-0.05, 0) is 37.0 Å². The Hall–Kier alpha value is -1.79. The van der Waals surface area contributed by atoms with E-state index in [0.717, 1.165) is 24.2 Å². The summed E-state index contributed by atoms with van der Waals surface area (Å²) in [7, 11) is 1.37. The van der Waals surface area contributed by atoms with Crippen molar-refractivity contribution in [2.24, 2.45) is 5.73 Å². The van der Waals surface area contributed by atoms with Crippen molar-refractivity contribution in [2.75, 3.05) is 13.7 Å². The number of nitrogens with two attached hydrogens (primary N) is 1. The van der Waals surface area contributed by atoms with Gasteiger partial charge < -0.3 is 20.5 Å². The second-order valence-corrected chi connectivity index (χ2v) is 5.51. The van der Waals surface area contributed by atoms with Gasteiger partial charge in [-0.2, -0.15) is 0 Å². The van der Waals surface area contributed by atoms with Gasteiger partial charge in [0, 0.05) is 13.0 Å². The minimum absolute atomic E-state index is 0. The third kappa shape index (κ3) is 6.08. The SMILES string of the molecule is COC(=O)CCCOc1ccc(CNC(=O)C2(N)CC2)cc1.Cl. The van der Waals surface area contributed by atoms with E-state index in [2.05, 4.69) is 10.1 Å². The zero-order valence-corrected chi connectivity index (χ0v) is 14.0. The van der Waals surface area contributed by atoms with Crippen molar-refractivity contribution in [2.45, 2.75) is 37.8 Å². The van der Waals surface area contributed by atoms with Crippen LogP contribution in [0.2, 0.25) is 0 Å². The summed E-state index contributed by atoms with van der Waals surface area (Å²) in [6.07, 6.45) is 2.49. The highest BCUT2D eigenvalue weighted by Gasteiger charge is 2.45. The normalized spacial score (nSPS) is 14.3. The number of methoxy groups -OCH3 is 1. The molecule has 2 rings (SSSR count). The molecule has 0 spiro atoms. The number of carbonyl (C=O) groups is 2. The smallest absolute Gasteiger partial charge is 0.305 e. The van der Waals surface area contributed by atoms with E-state index in [0.29, 0.717) is 26.0 Å². The van der Waals surface area contributed by atoms with Gasteiger partial charge in [0.2, 0.25) is 5.91 Å². The molecule has 0 unspecified atom stereocenters. The average Bonchev–Trinajstić information content (AvgIpc) is 3.29. The van der Waals surface area contributed by atoms with E-state index in [1.54, 1.807) is 0 Å². The van der Waals surface area contributed by atoms with Crippen LogP contribution in [0.1, 0.15) is 31.2 Å². The first kappa shape index (κ1) is 19.3. The Morgan fingerprint density at radius 2 is 1.91 bits per heavy atom. The number of ether oxygens (including phenoxy) is 2. The lowest BCUT2D eigenvalue weighted by atomic mass is 10.2. The topological polar surface area (TPSA) is 90.6 Å². The van der Waals surface area contributed by atoms with Crippen LogP contribution in [0.5, 0.6) is 5.75 Å². The number of amides is 1. The van der Waals surface area contributed by atoms with Gasteiger partial charge in [0.15, 0.2) is 0 Å². The van der Waals surface area contributed by atoms with Gasteiger partial charge in [0.25, 0.3) is 0 Å². The van der Waals surface area contributed by atoms with E-state index in [1.807, 2.05) is 24.3 Å². The van der Waals surface area contributed by atoms with Crippen LogP contribution in [0.4, 0.5) is 0 Å². The first-order valence-electron chi connectivity index (χ1n) is 7.39. The number of halogens is 1. The summed E-state index contributed by atoms with van der Waals surface area (Å²) >= 11 is 0. The van der Waals surface area contributed by atoms with E-state index >= 15 is 0 Å². The standard InChI is InChI=1S/C16H22N2O4.ClH/c1-21-14(19)3-2-10-22-13-6-4-12(5-7-13)11-18-15(20)16(17)8-9-16;/h4-7H,2-3,8-11,17H2,1H3,(H,18,20);1H. The molecule has 0 radical (unpaired) electrons. The Morgan fingerprint density at radius 3 is 2.48 bits per heavy atom. The molecule has 6 nitrogen and oxygen atoms in total. The minimum Gasteiger partial charge on any atom is -0.494 e.